The Bertz CT molecular complexity index is 435. The van der Waals surface area contributed by atoms with Gasteiger partial charge >= 0.3 is 0 Å². The molecule has 1 rings (SSSR count). The zero-order chi connectivity index (χ0) is 14.4. The number of hydrogen-bond acceptors (Lipinski definition) is 5. The van der Waals surface area contributed by atoms with Crippen molar-refractivity contribution in [2.75, 3.05) is 17.2 Å². The van der Waals surface area contributed by atoms with Crippen LogP contribution in [-0.4, -0.2) is 28.7 Å². The fourth-order valence-electron chi connectivity index (χ4n) is 1.96. The van der Waals surface area contributed by atoms with E-state index >= 15 is 0 Å². The molecule has 0 saturated carbocycles. The fourth-order valence-corrected chi connectivity index (χ4v) is 1.96. The van der Waals surface area contributed by atoms with E-state index in [0.29, 0.717) is 24.3 Å². The highest BCUT2D eigenvalue weighted by Gasteiger charge is 2.12. The number of nitrogens with zero attached hydrogens (tertiary/aromatic N) is 1. The van der Waals surface area contributed by atoms with Gasteiger partial charge in [0.2, 0.25) is 0 Å². The van der Waals surface area contributed by atoms with Gasteiger partial charge in [0.25, 0.3) is 5.69 Å². The summed E-state index contributed by atoms with van der Waals surface area (Å²) in [5, 5.41) is 26.4. The van der Waals surface area contributed by atoms with Gasteiger partial charge in [-0.05, 0) is 33.3 Å². The lowest BCUT2D eigenvalue weighted by Crippen LogP contribution is -2.20. The van der Waals surface area contributed by atoms with Gasteiger partial charge in [-0.2, -0.15) is 0 Å². The van der Waals surface area contributed by atoms with E-state index < -0.39 is 11.0 Å². The number of rotatable bonds is 7. The van der Waals surface area contributed by atoms with Gasteiger partial charge < -0.3 is 15.7 Å². The van der Waals surface area contributed by atoms with Crippen LogP contribution in [0, 0.1) is 10.1 Å². The molecule has 6 heteroatoms. The minimum Gasteiger partial charge on any atom is -0.393 e. The number of hydrogen-bond donors (Lipinski definition) is 3. The summed E-state index contributed by atoms with van der Waals surface area (Å²) in [5.74, 6) is 0. The van der Waals surface area contributed by atoms with Crippen molar-refractivity contribution in [3.63, 3.8) is 0 Å². The molecule has 0 fully saturated rings. The van der Waals surface area contributed by atoms with Gasteiger partial charge in [-0.15, -0.1) is 0 Å². The molecule has 1 aromatic rings. The Morgan fingerprint density at radius 2 is 1.95 bits per heavy atom. The Kier molecular flexibility index (Phi) is 5.57. The van der Waals surface area contributed by atoms with E-state index in [9.17, 15) is 15.2 Å². The molecule has 106 valence electrons. The number of aliphatic hydroxyl groups is 1. The SMILES string of the molecule is CCNc1cc(NC(C)CC(C)O)cc([N+](=O)[O-])c1. The minimum absolute atomic E-state index is 0.0384. The first kappa shape index (κ1) is 15.2. The maximum atomic E-state index is 10.9. The number of benzene rings is 1. The standard InChI is InChI=1S/C13H21N3O3/c1-4-14-11-6-12(8-13(7-11)16(18)19)15-9(2)5-10(3)17/h6-10,14-15,17H,4-5H2,1-3H3. The van der Waals surface area contributed by atoms with Gasteiger partial charge in [0.15, 0.2) is 0 Å². The molecule has 0 heterocycles. The van der Waals surface area contributed by atoms with Gasteiger partial charge in [-0.1, -0.05) is 0 Å². The number of aliphatic hydroxyl groups excluding tert-OH is 1. The van der Waals surface area contributed by atoms with Crippen molar-refractivity contribution in [1.29, 1.82) is 0 Å². The Balaban J connectivity index is 2.89. The van der Waals surface area contributed by atoms with Crippen molar-refractivity contribution >= 4 is 17.1 Å². The largest absolute Gasteiger partial charge is 0.393 e. The average Bonchev–Trinajstić information content (AvgIpc) is 2.27. The molecule has 0 bridgehead atoms. The molecule has 0 aromatic heterocycles. The highest BCUT2D eigenvalue weighted by atomic mass is 16.6. The van der Waals surface area contributed by atoms with E-state index in [0.717, 1.165) is 0 Å². The topological polar surface area (TPSA) is 87.4 Å². The zero-order valence-electron chi connectivity index (χ0n) is 11.5. The van der Waals surface area contributed by atoms with Gasteiger partial charge in [0, 0.05) is 36.1 Å². The van der Waals surface area contributed by atoms with Crippen LogP contribution in [0.1, 0.15) is 27.2 Å². The predicted octanol–water partition coefficient (Wildman–Crippen LogP) is 2.60. The molecular weight excluding hydrogens is 246 g/mol. The van der Waals surface area contributed by atoms with Crippen molar-refractivity contribution in [2.24, 2.45) is 0 Å². The Labute approximate surface area is 113 Å². The van der Waals surface area contributed by atoms with Gasteiger partial charge in [-0.25, -0.2) is 0 Å². The lowest BCUT2D eigenvalue weighted by molar-refractivity contribution is -0.384. The van der Waals surface area contributed by atoms with Crippen LogP contribution < -0.4 is 10.6 Å². The molecule has 19 heavy (non-hydrogen) atoms. The van der Waals surface area contributed by atoms with Crippen LogP contribution >= 0.6 is 0 Å². The van der Waals surface area contributed by atoms with Crippen LogP contribution in [-0.2, 0) is 0 Å². The molecule has 0 aliphatic heterocycles. The monoisotopic (exact) mass is 267 g/mol. The van der Waals surface area contributed by atoms with Crippen LogP contribution in [0.3, 0.4) is 0 Å². The predicted molar refractivity (Wildman–Crippen MR) is 76.6 cm³/mol. The maximum absolute atomic E-state index is 10.9. The number of non-ortho nitro benzene ring substituents is 1. The lowest BCUT2D eigenvalue weighted by Gasteiger charge is -2.17. The van der Waals surface area contributed by atoms with Crippen LogP contribution in [0.5, 0.6) is 0 Å². The van der Waals surface area contributed by atoms with Crippen LogP contribution in [0.2, 0.25) is 0 Å². The van der Waals surface area contributed by atoms with E-state index in [-0.39, 0.29) is 11.7 Å². The van der Waals surface area contributed by atoms with E-state index in [4.69, 9.17) is 0 Å². The Hall–Kier alpha value is -1.82. The first-order valence-electron chi connectivity index (χ1n) is 6.40. The van der Waals surface area contributed by atoms with E-state index in [2.05, 4.69) is 10.6 Å². The normalized spacial score (nSPS) is 13.7. The summed E-state index contributed by atoms with van der Waals surface area (Å²) >= 11 is 0. The molecule has 2 unspecified atom stereocenters. The van der Waals surface area contributed by atoms with E-state index in [1.165, 1.54) is 12.1 Å². The summed E-state index contributed by atoms with van der Waals surface area (Å²) in [6, 6.07) is 4.87. The Morgan fingerprint density at radius 1 is 1.32 bits per heavy atom. The summed E-state index contributed by atoms with van der Waals surface area (Å²) in [6.07, 6.45) is 0.175. The molecule has 0 spiro atoms. The third-order valence-electron chi connectivity index (χ3n) is 2.62. The molecular formula is C13H21N3O3. The average molecular weight is 267 g/mol. The third kappa shape index (κ3) is 5.13. The lowest BCUT2D eigenvalue weighted by atomic mass is 10.1. The zero-order valence-corrected chi connectivity index (χ0v) is 11.5. The second kappa shape index (κ2) is 6.94. The second-order valence-electron chi connectivity index (χ2n) is 4.69. The van der Waals surface area contributed by atoms with Gasteiger partial charge in [0.1, 0.15) is 0 Å². The summed E-state index contributed by atoms with van der Waals surface area (Å²) in [5.41, 5.74) is 1.44. The molecule has 0 amide bonds. The molecule has 0 aliphatic carbocycles. The van der Waals surface area contributed by atoms with Crippen LogP contribution in [0.15, 0.2) is 18.2 Å². The molecule has 1 aromatic carbocycles. The summed E-state index contributed by atoms with van der Waals surface area (Å²) in [4.78, 5) is 10.5. The van der Waals surface area contributed by atoms with Crippen LogP contribution in [0.4, 0.5) is 17.1 Å². The first-order chi connectivity index (χ1) is 8.92. The minimum atomic E-state index is -0.411. The highest BCUT2D eigenvalue weighted by Crippen LogP contribution is 2.25. The smallest absolute Gasteiger partial charge is 0.273 e. The number of anilines is 2. The molecule has 0 radical (unpaired) electrons. The van der Waals surface area contributed by atoms with Crippen molar-refractivity contribution in [1.82, 2.24) is 0 Å². The quantitative estimate of drug-likeness (QED) is 0.522. The number of nitro benzene ring substituents is 1. The van der Waals surface area contributed by atoms with E-state index in [1.54, 1.807) is 6.92 Å². The highest BCUT2D eigenvalue weighted by molar-refractivity contribution is 5.63. The van der Waals surface area contributed by atoms with Crippen molar-refractivity contribution < 1.29 is 10.0 Å². The third-order valence-corrected chi connectivity index (χ3v) is 2.62. The first-order valence-corrected chi connectivity index (χ1v) is 6.40. The van der Waals surface area contributed by atoms with Crippen molar-refractivity contribution in [2.45, 2.75) is 39.3 Å². The second-order valence-corrected chi connectivity index (χ2v) is 4.69. The van der Waals surface area contributed by atoms with Gasteiger partial charge in [0.05, 0.1) is 11.0 Å². The Morgan fingerprint density at radius 3 is 2.47 bits per heavy atom. The fraction of sp³-hybridized carbons (Fsp3) is 0.538. The van der Waals surface area contributed by atoms with E-state index in [1.807, 2.05) is 19.9 Å². The summed E-state index contributed by atoms with van der Waals surface area (Å²) in [7, 11) is 0. The molecule has 0 saturated heterocycles. The molecule has 6 nitrogen and oxygen atoms in total. The van der Waals surface area contributed by atoms with Crippen molar-refractivity contribution in [3.05, 3.63) is 28.3 Å². The number of nitrogens with one attached hydrogen (secondary N) is 2. The molecule has 0 aliphatic rings. The maximum Gasteiger partial charge on any atom is 0.273 e. The number of nitro groups is 1. The summed E-state index contributed by atoms with van der Waals surface area (Å²) in [6.45, 7) is 6.28. The van der Waals surface area contributed by atoms with Gasteiger partial charge in [-0.3, -0.25) is 10.1 Å². The molecule has 2 atom stereocenters. The van der Waals surface area contributed by atoms with Crippen LogP contribution in [0.25, 0.3) is 0 Å². The van der Waals surface area contributed by atoms with Crippen molar-refractivity contribution in [3.8, 4) is 0 Å². The molecule has 3 N–H and O–H groups in total. The summed E-state index contributed by atoms with van der Waals surface area (Å²) < 4.78 is 0.